The van der Waals surface area contributed by atoms with Gasteiger partial charge in [0.15, 0.2) is 5.96 Å². The molecule has 0 heterocycles. The van der Waals surface area contributed by atoms with Crippen molar-refractivity contribution in [1.82, 2.24) is 15.5 Å². The summed E-state index contributed by atoms with van der Waals surface area (Å²) in [5.41, 5.74) is 3.74. The lowest BCUT2D eigenvalue weighted by molar-refractivity contribution is 0.298. The average molecular weight is 482 g/mol. The van der Waals surface area contributed by atoms with Gasteiger partial charge in [-0.05, 0) is 44.3 Å². The van der Waals surface area contributed by atoms with Crippen molar-refractivity contribution in [2.45, 2.75) is 19.5 Å². The summed E-state index contributed by atoms with van der Waals surface area (Å²) in [6.07, 6.45) is 0. The van der Waals surface area contributed by atoms with E-state index in [0.717, 1.165) is 24.8 Å². The van der Waals surface area contributed by atoms with Crippen LogP contribution >= 0.6 is 24.0 Å². The number of nitrogens with one attached hydrogen (secondary N) is 2. The van der Waals surface area contributed by atoms with Gasteiger partial charge in [0.25, 0.3) is 0 Å². The maximum atomic E-state index is 5.25. The number of benzene rings is 2. The molecule has 0 fully saturated rings. The second-order valence-corrected chi connectivity index (χ2v) is 6.55. The van der Waals surface area contributed by atoms with E-state index in [4.69, 9.17) is 4.74 Å². The molecule has 2 rings (SSSR count). The van der Waals surface area contributed by atoms with Crippen LogP contribution in [0.4, 0.5) is 0 Å². The van der Waals surface area contributed by atoms with Crippen molar-refractivity contribution in [3.63, 3.8) is 0 Å². The Morgan fingerprint density at radius 3 is 2.37 bits per heavy atom. The van der Waals surface area contributed by atoms with Crippen LogP contribution in [0.5, 0.6) is 5.75 Å². The molecule has 148 valence electrons. The topological polar surface area (TPSA) is 48.9 Å². The Labute approximate surface area is 180 Å². The molecule has 0 spiro atoms. The minimum Gasteiger partial charge on any atom is -0.497 e. The number of aliphatic imine (C=N–C) groups is 1. The Bertz CT molecular complexity index is 716. The number of aryl methyl sites for hydroxylation is 1. The fourth-order valence-corrected chi connectivity index (χ4v) is 2.85. The van der Waals surface area contributed by atoms with Crippen molar-refractivity contribution in [3.8, 4) is 5.75 Å². The fraction of sp³-hybridized carbons (Fsp3) is 0.381. The molecule has 6 heteroatoms. The number of rotatable bonds is 7. The summed E-state index contributed by atoms with van der Waals surface area (Å²) in [5.74, 6) is 1.67. The molecular weight excluding hydrogens is 451 g/mol. The summed E-state index contributed by atoms with van der Waals surface area (Å²) in [4.78, 5) is 6.53. The number of methoxy groups -OCH3 is 1. The molecule has 0 aliphatic rings. The third kappa shape index (κ3) is 7.38. The number of ether oxygens (including phenoxy) is 1. The van der Waals surface area contributed by atoms with Crippen LogP contribution < -0.4 is 15.4 Å². The van der Waals surface area contributed by atoms with E-state index in [0.29, 0.717) is 0 Å². The summed E-state index contributed by atoms with van der Waals surface area (Å²) in [7, 11) is 7.65. The lowest BCUT2D eigenvalue weighted by Gasteiger charge is -2.26. The third-order valence-corrected chi connectivity index (χ3v) is 4.35. The smallest absolute Gasteiger partial charge is 0.191 e. The maximum Gasteiger partial charge on any atom is 0.191 e. The Kier molecular flexibility index (Phi) is 10.2. The summed E-state index contributed by atoms with van der Waals surface area (Å²) in [5, 5.41) is 6.81. The zero-order chi connectivity index (χ0) is 18.9. The van der Waals surface area contributed by atoms with Crippen molar-refractivity contribution in [1.29, 1.82) is 0 Å². The summed E-state index contributed by atoms with van der Waals surface area (Å²) < 4.78 is 5.25. The van der Waals surface area contributed by atoms with Crippen LogP contribution in [0, 0.1) is 6.92 Å². The van der Waals surface area contributed by atoms with Gasteiger partial charge in [-0.2, -0.15) is 0 Å². The summed E-state index contributed by atoms with van der Waals surface area (Å²) >= 11 is 0. The lowest BCUT2D eigenvalue weighted by atomic mass is 10.1. The van der Waals surface area contributed by atoms with E-state index >= 15 is 0 Å². The van der Waals surface area contributed by atoms with Gasteiger partial charge >= 0.3 is 0 Å². The number of nitrogens with zero attached hydrogens (tertiary/aromatic N) is 2. The summed E-state index contributed by atoms with van der Waals surface area (Å²) in [6.45, 7) is 3.61. The predicted octanol–water partition coefficient (Wildman–Crippen LogP) is 3.59. The van der Waals surface area contributed by atoms with E-state index in [9.17, 15) is 0 Å². The number of halogens is 1. The second kappa shape index (κ2) is 11.8. The van der Waals surface area contributed by atoms with E-state index in [1.807, 2.05) is 12.1 Å². The third-order valence-electron chi connectivity index (χ3n) is 4.35. The molecule has 0 aliphatic heterocycles. The molecule has 27 heavy (non-hydrogen) atoms. The molecule has 0 saturated heterocycles. The normalized spacial score (nSPS) is 12.3. The number of guanidine groups is 1. The fourth-order valence-electron chi connectivity index (χ4n) is 2.85. The first kappa shape index (κ1) is 23.2. The van der Waals surface area contributed by atoms with Crippen LogP contribution in [0.3, 0.4) is 0 Å². The van der Waals surface area contributed by atoms with Crippen LogP contribution in [0.15, 0.2) is 53.5 Å². The van der Waals surface area contributed by atoms with Gasteiger partial charge in [-0.25, -0.2) is 0 Å². The maximum absolute atomic E-state index is 5.25. The quantitative estimate of drug-likeness (QED) is 0.360. The first-order valence-corrected chi connectivity index (χ1v) is 8.84. The standard InChI is InChI=1S/C21H30N4O.HI/c1-16-7-6-8-17(13-16)14-23-21(22-2)24-15-20(25(3)4)18-9-11-19(26-5)12-10-18;/h6-13,20H,14-15H2,1-5H3,(H2,22,23,24);1H. The molecule has 0 amide bonds. The molecule has 2 N–H and O–H groups in total. The summed E-state index contributed by atoms with van der Waals surface area (Å²) in [6, 6.07) is 16.9. The van der Waals surface area contributed by atoms with Crippen LogP contribution in [0.1, 0.15) is 22.7 Å². The Morgan fingerprint density at radius 1 is 1.11 bits per heavy atom. The molecule has 0 aliphatic carbocycles. The van der Waals surface area contributed by atoms with Gasteiger partial charge in [0, 0.05) is 20.1 Å². The monoisotopic (exact) mass is 482 g/mol. The molecule has 5 nitrogen and oxygen atoms in total. The van der Waals surface area contributed by atoms with Crippen molar-refractivity contribution < 1.29 is 4.74 Å². The molecule has 0 bridgehead atoms. The van der Waals surface area contributed by atoms with E-state index in [-0.39, 0.29) is 30.0 Å². The van der Waals surface area contributed by atoms with Crippen molar-refractivity contribution in [2.24, 2.45) is 4.99 Å². The molecular formula is C21H31IN4O. The Morgan fingerprint density at radius 2 is 1.81 bits per heavy atom. The van der Waals surface area contributed by atoms with Crippen molar-refractivity contribution in [3.05, 3.63) is 65.2 Å². The highest BCUT2D eigenvalue weighted by atomic mass is 127. The van der Waals surface area contributed by atoms with Crippen LogP contribution in [-0.4, -0.2) is 45.7 Å². The molecule has 0 saturated carbocycles. The predicted molar refractivity (Wildman–Crippen MR) is 124 cm³/mol. The molecule has 0 radical (unpaired) electrons. The van der Waals surface area contributed by atoms with Gasteiger partial charge < -0.3 is 20.3 Å². The van der Waals surface area contributed by atoms with Gasteiger partial charge in [0.05, 0.1) is 13.2 Å². The first-order chi connectivity index (χ1) is 12.5. The highest BCUT2D eigenvalue weighted by Gasteiger charge is 2.14. The zero-order valence-electron chi connectivity index (χ0n) is 16.8. The highest BCUT2D eigenvalue weighted by Crippen LogP contribution is 2.20. The molecule has 0 aromatic heterocycles. The van der Waals surface area contributed by atoms with Gasteiger partial charge in [-0.3, -0.25) is 4.99 Å². The second-order valence-electron chi connectivity index (χ2n) is 6.55. The SMILES string of the molecule is CN=C(NCc1cccc(C)c1)NCC(c1ccc(OC)cc1)N(C)C.I. The van der Waals surface area contributed by atoms with Crippen LogP contribution in [-0.2, 0) is 6.54 Å². The molecule has 1 unspecified atom stereocenters. The zero-order valence-corrected chi connectivity index (χ0v) is 19.2. The molecule has 1 atom stereocenters. The van der Waals surface area contributed by atoms with E-state index < -0.39 is 0 Å². The van der Waals surface area contributed by atoms with E-state index in [2.05, 4.69) is 77.9 Å². The van der Waals surface area contributed by atoms with Crippen LogP contribution in [0.2, 0.25) is 0 Å². The molecule has 2 aromatic carbocycles. The number of hydrogen-bond acceptors (Lipinski definition) is 3. The largest absolute Gasteiger partial charge is 0.497 e. The van der Waals surface area contributed by atoms with Crippen molar-refractivity contribution in [2.75, 3.05) is 34.8 Å². The van der Waals surface area contributed by atoms with Gasteiger partial charge in [0.2, 0.25) is 0 Å². The van der Waals surface area contributed by atoms with Gasteiger partial charge in [-0.15, -0.1) is 24.0 Å². The first-order valence-electron chi connectivity index (χ1n) is 8.84. The van der Waals surface area contributed by atoms with Crippen molar-refractivity contribution >= 4 is 29.9 Å². The van der Waals surface area contributed by atoms with Crippen LogP contribution in [0.25, 0.3) is 0 Å². The van der Waals surface area contributed by atoms with Gasteiger partial charge in [-0.1, -0.05) is 42.0 Å². The lowest BCUT2D eigenvalue weighted by Crippen LogP contribution is -2.41. The number of likely N-dealkylation sites (N-methyl/N-ethyl adjacent to an activating group) is 1. The Balaban J connectivity index is 0.00000364. The Hall–Kier alpha value is -1.80. The molecule has 2 aromatic rings. The highest BCUT2D eigenvalue weighted by molar-refractivity contribution is 14.0. The average Bonchev–Trinajstić information content (AvgIpc) is 2.64. The van der Waals surface area contributed by atoms with Gasteiger partial charge in [0.1, 0.15) is 5.75 Å². The van der Waals surface area contributed by atoms with E-state index in [1.54, 1.807) is 14.2 Å². The minimum atomic E-state index is 0. The number of hydrogen-bond donors (Lipinski definition) is 2. The minimum absolute atomic E-state index is 0. The van der Waals surface area contributed by atoms with E-state index in [1.165, 1.54) is 16.7 Å².